The Labute approximate surface area is 111 Å². The molecule has 0 radical (unpaired) electrons. The molecule has 0 amide bonds. The quantitative estimate of drug-likeness (QED) is 0.815. The Bertz CT molecular complexity index is 626. The molecule has 1 atom stereocenters. The van der Waals surface area contributed by atoms with E-state index >= 15 is 0 Å². The molecule has 1 saturated heterocycles. The van der Waals surface area contributed by atoms with Crippen LogP contribution in [0.5, 0.6) is 0 Å². The number of fused-ring (bicyclic) bond motifs is 1. The number of piperidine rings is 1. The molecule has 1 aromatic carbocycles. The van der Waals surface area contributed by atoms with Gasteiger partial charge < -0.3 is 10.3 Å². The number of hydrogen-bond donors (Lipinski definition) is 2. The molecule has 3 nitrogen and oxygen atoms in total. The first kappa shape index (κ1) is 12.4. The molecule has 2 heterocycles. The summed E-state index contributed by atoms with van der Waals surface area (Å²) >= 11 is 0. The molecule has 1 aromatic heterocycles. The van der Waals surface area contributed by atoms with E-state index in [-0.39, 0.29) is 17.6 Å². The Balaban J connectivity index is 2.05. The number of carbonyl (C=O) groups excluding carboxylic acids is 1. The van der Waals surface area contributed by atoms with Crippen molar-refractivity contribution in [1.82, 2.24) is 10.3 Å². The van der Waals surface area contributed by atoms with Crippen molar-refractivity contribution in [2.24, 2.45) is 0 Å². The molecule has 2 aromatic rings. The van der Waals surface area contributed by atoms with Gasteiger partial charge in [0.2, 0.25) is 0 Å². The van der Waals surface area contributed by atoms with Crippen molar-refractivity contribution in [3.05, 3.63) is 35.3 Å². The maximum Gasteiger partial charge on any atom is 0.182 e. The van der Waals surface area contributed by atoms with Crippen LogP contribution in [0.1, 0.15) is 35.3 Å². The zero-order valence-electron chi connectivity index (χ0n) is 10.9. The van der Waals surface area contributed by atoms with Gasteiger partial charge in [0.25, 0.3) is 0 Å². The largest absolute Gasteiger partial charge is 0.358 e. The van der Waals surface area contributed by atoms with Crippen LogP contribution in [0.25, 0.3) is 10.9 Å². The lowest BCUT2D eigenvalue weighted by atomic mass is 9.95. The van der Waals surface area contributed by atoms with Crippen molar-refractivity contribution in [1.29, 1.82) is 0 Å². The zero-order chi connectivity index (χ0) is 13.4. The van der Waals surface area contributed by atoms with Crippen LogP contribution in [0.15, 0.2) is 18.2 Å². The summed E-state index contributed by atoms with van der Waals surface area (Å²) in [4.78, 5) is 15.8. The molecule has 1 aliphatic heterocycles. The van der Waals surface area contributed by atoms with Gasteiger partial charge in [0.05, 0.1) is 6.04 Å². The van der Waals surface area contributed by atoms with E-state index in [1.807, 2.05) is 6.92 Å². The summed E-state index contributed by atoms with van der Waals surface area (Å²) in [6.07, 6.45) is 3.05. The normalized spacial score (nSPS) is 19.8. The molecule has 1 fully saturated rings. The molecule has 4 heteroatoms. The van der Waals surface area contributed by atoms with Crippen LogP contribution in [0.3, 0.4) is 0 Å². The number of aromatic nitrogens is 1. The minimum Gasteiger partial charge on any atom is -0.358 e. The van der Waals surface area contributed by atoms with Crippen LogP contribution < -0.4 is 5.32 Å². The van der Waals surface area contributed by atoms with Crippen LogP contribution in [0.4, 0.5) is 4.39 Å². The van der Waals surface area contributed by atoms with Crippen molar-refractivity contribution >= 4 is 16.7 Å². The first-order valence-electron chi connectivity index (χ1n) is 6.72. The second-order valence-corrected chi connectivity index (χ2v) is 5.18. The van der Waals surface area contributed by atoms with E-state index in [4.69, 9.17) is 0 Å². The summed E-state index contributed by atoms with van der Waals surface area (Å²) in [5.41, 5.74) is 2.27. The summed E-state index contributed by atoms with van der Waals surface area (Å²) in [5.74, 6) is -0.230. The maximum absolute atomic E-state index is 13.4. The van der Waals surface area contributed by atoms with Gasteiger partial charge in [-0.05, 0) is 44.5 Å². The van der Waals surface area contributed by atoms with Crippen molar-refractivity contribution in [3.8, 4) is 0 Å². The van der Waals surface area contributed by atoms with E-state index in [1.54, 1.807) is 6.07 Å². The Morgan fingerprint density at radius 3 is 2.95 bits per heavy atom. The molecule has 0 aliphatic carbocycles. The van der Waals surface area contributed by atoms with E-state index < -0.39 is 0 Å². The van der Waals surface area contributed by atoms with Gasteiger partial charge in [-0.25, -0.2) is 4.39 Å². The maximum atomic E-state index is 13.4. The molecule has 1 unspecified atom stereocenters. The van der Waals surface area contributed by atoms with Gasteiger partial charge in [0.1, 0.15) is 5.82 Å². The summed E-state index contributed by atoms with van der Waals surface area (Å²) in [6.45, 7) is 2.75. The van der Waals surface area contributed by atoms with Gasteiger partial charge in [0.15, 0.2) is 5.78 Å². The highest BCUT2D eigenvalue weighted by Crippen LogP contribution is 2.25. The highest BCUT2D eigenvalue weighted by Gasteiger charge is 2.25. The number of hydrogen-bond acceptors (Lipinski definition) is 2. The Hall–Kier alpha value is -1.68. The third kappa shape index (κ3) is 2.16. The number of aryl methyl sites for hydroxylation is 1. The van der Waals surface area contributed by atoms with Crippen LogP contribution in [-0.4, -0.2) is 23.4 Å². The smallest absolute Gasteiger partial charge is 0.182 e. The number of carbonyl (C=O) groups is 1. The number of H-pyrrole nitrogens is 1. The standard InChI is InChI=1S/C15H17FN2O/c1-9-14(15(19)13-4-2-3-7-17-13)11-8-10(16)5-6-12(11)18-9/h5-6,8,13,17-18H,2-4,7H2,1H3. The molecule has 19 heavy (non-hydrogen) atoms. The van der Waals surface area contributed by atoms with E-state index in [1.165, 1.54) is 12.1 Å². The summed E-state index contributed by atoms with van der Waals surface area (Å²) < 4.78 is 13.4. The second kappa shape index (κ2) is 4.78. The number of benzene rings is 1. The molecular weight excluding hydrogens is 243 g/mol. The molecule has 100 valence electrons. The van der Waals surface area contributed by atoms with Gasteiger partial charge in [-0.2, -0.15) is 0 Å². The predicted octanol–water partition coefficient (Wildman–Crippen LogP) is 2.94. The van der Waals surface area contributed by atoms with Crippen LogP contribution in [0.2, 0.25) is 0 Å². The number of ketones is 1. The van der Waals surface area contributed by atoms with Gasteiger partial charge >= 0.3 is 0 Å². The van der Waals surface area contributed by atoms with Gasteiger partial charge in [-0.15, -0.1) is 0 Å². The first-order valence-corrected chi connectivity index (χ1v) is 6.72. The summed E-state index contributed by atoms with van der Waals surface area (Å²) in [7, 11) is 0. The van der Waals surface area contributed by atoms with E-state index in [2.05, 4.69) is 10.3 Å². The average molecular weight is 260 g/mol. The molecule has 0 spiro atoms. The third-order valence-electron chi connectivity index (χ3n) is 3.82. The predicted molar refractivity (Wildman–Crippen MR) is 73.0 cm³/mol. The number of halogens is 1. The number of Topliss-reactive ketones (excluding diaryl/α,β-unsaturated/α-hetero) is 1. The van der Waals surface area contributed by atoms with Crippen molar-refractivity contribution < 1.29 is 9.18 Å². The zero-order valence-corrected chi connectivity index (χ0v) is 10.9. The molecule has 1 aliphatic rings. The Morgan fingerprint density at radius 1 is 1.37 bits per heavy atom. The summed E-state index contributed by atoms with van der Waals surface area (Å²) in [6, 6.07) is 4.40. The molecular formula is C15H17FN2O. The van der Waals surface area contributed by atoms with Gasteiger partial charge in [-0.1, -0.05) is 6.42 Å². The Kier molecular flexibility index (Phi) is 3.11. The van der Waals surface area contributed by atoms with Crippen molar-refractivity contribution in [2.45, 2.75) is 32.2 Å². The first-order chi connectivity index (χ1) is 9.16. The minimum absolute atomic E-state index is 0.0778. The lowest BCUT2D eigenvalue weighted by Gasteiger charge is -2.22. The fourth-order valence-electron chi connectivity index (χ4n) is 2.87. The highest BCUT2D eigenvalue weighted by atomic mass is 19.1. The van der Waals surface area contributed by atoms with Gasteiger partial charge in [-0.3, -0.25) is 4.79 Å². The monoisotopic (exact) mass is 260 g/mol. The topological polar surface area (TPSA) is 44.9 Å². The second-order valence-electron chi connectivity index (χ2n) is 5.18. The van der Waals surface area contributed by atoms with E-state index in [0.717, 1.165) is 37.0 Å². The fraction of sp³-hybridized carbons (Fsp3) is 0.400. The lowest BCUT2D eigenvalue weighted by molar-refractivity contribution is 0.0928. The molecule has 2 N–H and O–H groups in total. The third-order valence-corrected chi connectivity index (χ3v) is 3.82. The van der Waals surface area contributed by atoms with Crippen molar-refractivity contribution in [3.63, 3.8) is 0 Å². The Morgan fingerprint density at radius 2 is 2.21 bits per heavy atom. The average Bonchev–Trinajstić information content (AvgIpc) is 2.74. The van der Waals surface area contributed by atoms with Crippen LogP contribution in [0, 0.1) is 12.7 Å². The minimum atomic E-state index is -0.308. The fourth-order valence-corrected chi connectivity index (χ4v) is 2.87. The highest BCUT2D eigenvalue weighted by molar-refractivity contribution is 6.11. The molecule has 0 bridgehead atoms. The number of aromatic amines is 1. The number of nitrogens with one attached hydrogen (secondary N) is 2. The summed E-state index contributed by atoms with van der Waals surface area (Å²) in [5, 5.41) is 3.95. The molecule has 0 saturated carbocycles. The van der Waals surface area contributed by atoms with Crippen LogP contribution in [-0.2, 0) is 0 Å². The molecule has 3 rings (SSSR count). The lowest BCUT2D eigenvalue weighted by Crippen LogP contribution is -2.40. The SMILES string of the molecule is Cc1[nH]c2ccc(F)cc2c1C(=O)C1CCCCN1. The van der Waals surface area contributed by atoms with Crippen LogP contribution >= 0.6 is 0 Å². The number of rotatable bonds is 2. The van der Waals surface area contributed by atoms with E-state index in [9.17, 15) is 9.18 Å². The van der Waals surface area contributed by atoms with Crippen molar-refractivity contribution in [2.75, 3.05) is 6.54 Å². The van der Waals surface area contributed by atoms with Gasteiger partial charge in [0, 0.05) is 22.2 Å². The van der Waals surface area contributed by atoms with E-state index in [0.29, 0.717) is 10.9 Å².